The van der Waals surface area contributed by atoms with Crippen LogP contribution in [0, 0.1) is 17.8 Å². The van der Waals surface area contributed by atoms with E-state index in [4.69, 9.17) is 42.6 Å². The van der Waals surface area contributed by atoms with Gasteiger partial charge in [0, 0.05) is 52.8 Å². The van der Waals surface area contributed by atoms with Crippen LogP contribution in [-0.4, -0.2) is 158 Å². The molecule has 0 radical (unpaired) electrons. The van der Waals surface area contributed by atoms with E-state index in [0.29, 0.717) is 77.8 Å². The quantitative estimate of drug-likeness (QED) is 0.0193. The molecule has 1 heterocycles. The number of esters is 3. The molecule has 0 aromatic heterocycles. The van der Waals surface area contributed by atoms with E-state index in [2.05, 4.69) is 69.2 Å². The van der Waals surface area contributed by atoms with Crippen LogP contribution in [0.25, 0.3) is 0 Å². The molecule has 0 aromatic rings. The summed E-state index contributed by atoms with van der Waals surface area (Å²) in [6.07, 6.45) is 66.5. The summed E-state index contributed by atoms with van der Waals surface area (Å²) in [6, 6.07) is 0. The third kappa shape index (κ3) is 68.1. The minimum Gasteiger partial charge on any atom is -0.459 e. The Balaban J connectivity index is 3.10. The number of unbranched alkanes of at least 4 members (excludes halogenated alkanes) is 45. The van der Waals surface area contributed by atoms with Crippen molar-refractivity contribution in [2.45, 2.75) is 598 Å². The maximum absolute atomic E-state index is 14.5. The minimum absolute atomic E-state index is 0.0209. The molecule has 16 nitrogen and oxygen atoms in total. The van der Waals surface area contributed by atoms with Gasteiger partial charge in [-0.3, -0.25) is 14.4 Å². The van der Waals surface area contributed by atoms with Crippen LogP contribution in [0.3, 0.4) is 0 Å². The lowest BCUT2D eigenvalue weighted by atomic mass is 9.93. The second-order valence-corrected chi connectivity index (χ2v) is 38.0. The van der Waals surface area contributed by atoms with Crippen LogP contribution in [0.5, 0.6) is 0 Å². The van der Waals surface area contributed by atoms with Crippen LogP contribution in [0.1, 0.15) is 525 Å². The minimum atomic E-state index is -1.10. The molecular weight excluding hydrogens is 1530 g/mol. The highest BCUT2D eigenvalue weighted by Gasteiger charge is 2.41. The van der Waals surface area contributed by atoms with E-state index in [1.54, 1.807) is 7.11 Å². The topological polar surface area (TPSA) is 218 Å². The van der Waals surface area contributed by atoms with Gasteiger partial charge in [0.1, 0.15) is 24.4 Å². The van der Waals surface area contributed by atoms with Crippen molar-refractivity contribution in [3.05, 3.63) is 0 Å². The van der Waals surface area contributed by atoms with Crippen LogP contribution in [-0.2, 0) is 57.0 Å². The van der Waals surface area contributed by atoms with Crippen molar-refractivity contribution in [2.75, 3.05) is 46.8 Å². The van der Waals surface area contributed by atoms with Gasteiger partial charge in [0.05, 0.1) is 79.8 Å². The maximum Gasteiger partial charge on any atom is 0.309 e. The van der Waals surface area contributed by atoms with Gasteiger partial charge in [-0.15, -0.1) is 0 Å². The fourth-order valence-electron chi connectivity index (χ4n) is 17.7. The van der Waals surface area contributed by atoms with Crippen molar-refractivity contribution >= 4 is 17.9 Å². The van der Waals surface area contributed by atoms with E-state index in [0.717, 1.165) is 315 Å². The van der Waals surface area contributed by atoms with E-state index in [9.17, 15) is 34.8 Å². The molecule has 1 aliphatic heterocycles. The lowest BCUT2D eigenvalue weighted by Gasteiger charge is -2.30. The summed E-state index contributed by atoms with van der Waals surface area (Å²) in [7, 11) is 1.72. The van der Waals surface area contributed by atoms with Crippen LogP contribution in [0.15, 0.2) is 0 Å². The number of aliphatic hydroxyl groups excluding tert-OH is 4. The number of aliphatic hydroxyl groups is 4. The number of carbonyl (C=O) groups excluding carboxylic acids is 3. The zero-order valence-electron chi connectivity index (χ0n) is 82.3. The second kappa shape index (κ2) is 87.0. The molecular formula is C106H206O16. The highest BCUT2D eigenvalue weighted by atomic mass is 16.6. The summed E-state index contributed by atoms with van der Waals surface area (Å²) in [5.74, 6) is -1.07. The van der Waals surface area contributed by atoms with E-state index in [1.165, 1.54) is 103 Å². The largest absolute Gasteiger partial charge is 0.459 e. The lowest BCUT2D eigenvalue weighted by Crippen LogP contribution is -2.41. The van der Waals surface area contributed by atoms with Gasteiger partial charge >= 0.3 is 17.9 Å². The molecule has 15 atom stereocenters. The Bertz CT molecular complexity index is 2210. The molecule has 726 valence electrons. The molecule has 0 amide bonds. The van der Waals surface area contributed by atoms with Gasteiger partial charge in [0.25, 0.3) is 0 Å². The summed E-state index contributed by atoms with van der Waals surface area (Å²) in [5, 5.41) is 47.1. The van der Waals surface area contributed by atoms with Gasteiger partial charge in [-0.1, -0.05) is 390 Å². The second-order valence-electron chi connectivity index (χ2n) is 38.0. The van der Waals surface area contributed by atoms with Gasteiger partial charge in [-0.2, -0.15) is 0 Å². The maximum atomic E-state index is 14.5. The zero-order valence-corrected chi connectivity index (χ0v) is 82.3. The first-order valence-electron chi connectivity index (χ1n) is 53.5. The summed E-state index contributed by atoms with van der Waals surface area (Å²) in [4.78, 5) is 42.7. The molecule has 0 aromatic carbocycles. The van der Waals surface area contributed by atoms with Gasteiger partial charge in [-0.25, -0.2) is 0 Å². The molecule has 1 aliphatic rings. The van der Waals surface area contributed by atoms with E-state index >= 15 is 0 Å². The predicted molar refractivity (Wildman–Crippen MR) is 509 cm³/mol. The molecule has 1 rings (SSSR count). The summed E-state index contributed by atoms with van der Waals surface area (Å²) in [6.45, 7) is 25.6. The number of hydrogen-bond donors (Lipinski definition) is 4. The number of epoxide rings is 1. The first kappa shape index (κ1) is 118. The molecule has 15 unspecified atom stereocenters. The molecule has 1 fully saturated rings. The van der Waals surface area contributed by atoms with E-state index in [-0.39, 0.29) is 66.5 Å². The van der Waals surface area contributed by atoms with Crippen molar-refractivity contribution < 1.29 is 77.4 Å². The fraction of sp³-hybridized carbons (Fsp3) is 0.972. The smallest absolute Gasteiger partial charge is 0.309 e. The van der Waals surface area contributed by atoms with Gasteiger partial charge < -0.3 is 63.1 Å². The molecule has 0 saturated carbocycles. The van der Waals surface area contributed by atoms with Gasteiger partial charge in [-0.05, 0) is 116 Å². The van der Waals surface area contributed by atoms with E-state index in [1.807, 2.05) is 0 Å². The van der Waals surface area contributed by atoms with Crippen molar-refractivity contribution in [1.82, 2.24) is 0 Å². The number of rotatable bonds is 98. The average molecular weight is 1740 g/mol. The molecule has 4 N–H and O–H groups in total. The van der Waals surface area contributed by atoms with Crippen molar-refractivity contribution in [1.29, 1.82) is 0 Å². The molecule has 16 heteroatoms. The number of methoxy groups -OCH3 is 1. The fourth-order valence-corrected chi connectivity index (χ4v) is 17.7. The number of ether oxygens (including phenoxy) is 9. The third-order valence-electron chi connectivity index (χ3n) is 26.2. The number of hydrogen-bond acceptors (Lipinski definition) is 16. The Morgan fingerprint density at radius 2 is 0.557 bits per heavy atom. The highest BCUT2D eigenvalue weighted by Crippen LogP contribution is 2.34. The zero-order chi connectivity index (χ0) is 89.2. The van der Waals surface area contributed by atoms with Crippen molar-refractivity contribution in [2.24, 2.45) is 17.8 Å². The lowest BCUT2D eigenvalue weighted by molar-refractivity contribution is -0.167. The first-order valence-corrected chi connectivity index (χ1v) is 53.5. The van der Waals surface area contributed by atoms with Crippen LogP contribution >= 0.6 is 0 Å². The Kier molecular flexibility index (Phi) is 84.2. The third-order valence-corrected chi connectivity index (χ3v) is 26.2. The van der Waals surface area contributed by atoms with Crippen LogP contribution in [0.2, 0.25) is 0 Å². The molecule has 122 heavy (non-hydrogen) atoms. The molecule has 0 spiro atoms. The monoisotopic (exact) mass is 1740 g/mol. The summed E-state index contributed by atoms with van der Waals surface area (Å²) in [5.41, 5.74) is 0. The SMILES string of the molecule is CCCCCCCCC(CCCCCC)C(=O)OC(CCCCC)C(O)CC(O)C(CCCCCCCCOCC(COCCCCCCCCC(O)C(CC(C)OCCCCC)OC(=O)C(CCCCCC)CCCCCCCC)OCCCCCCCCC(OC)C(O)CC1OC1CCCCC)OC(=O)C(CCCCCC)CCCCCCCC. The van der Waals surface area contributed by atoms with Gasteiger partial charge in [0.15, 0.2) is 0 Å². The standard InChI is InChI=1S/C106H206O16/c1-12-21-30-36-45-59-72-90(69-56-33-24-15-4)104(111)120-99(77-54-27-18-7)95(108)85-96(109)100(121-105(112)91(70-57-34-25-16-5)73-60-46-37-31-22-13-2)78-64-50-40-43-52-67-81-116-88-93(118-83-68-53-44-41-49-63-76-98(114-11)97(110)86-103-101(119-103)79-55-28-19-8)87-115-80-66-51-42-39-48-62-75-94(107)102(84-89(10)117-82-65-29-20-9)122-106(113)92(71-58-35-26-17-6)74-61-47-38-32-23-14-3/h89-103,107-110H,12-88H2,1-11H3. The molecule has 0 bridgehead atoms. The normalized spacial score (nSPS) is 16.8. The van der Waals surface area contributed by atoms with Gasteiger partial charge in [0.2, 0.25) is 0 Å². The Morgan fingerprint density at radius 1 is 0.279 bits per heavy atom. The van der Waals surface area contributed by atoms with Crippen molar-refractivity contribution in [3.63, 3.8) is 0 Å². The Hall–Kier alpha value is -1.99. The van der Waals surface area contributed by atoms with E-state index < -0.39 is 42.7 Å². The summed E-state index contributed by atoms with van der Waals surface area (Å²) < 4.78 is 56.4. The van der Waals surface area contributed by atoms with Crippen LogP contribution in [0.4, 0.5) is 0 Å². The molecule has 0 aliphatic carbocycles. The highest BCUT2D eigenvalue weighted by molar-refractivity contribution is 5.73. The van der Waals surface area contributed by atoms with Crippen molar-refractivity contribution in [3.8, 4) is 0 Å². The molecule has 1 saturated heterocycles. The predicted octanol–water partition coefficient (Wildman–Crippen LogP) is 28.5. The number of carbonyl (C=O) groups is 3. The first-order chi connectivity index (χ1) is 59.6. The Morgan fingerprint density at radius 3 is 0.943 bits per heavy atom. The summed E-state index contributed by atoms with van der Waals surface area (Å²) >= 11 is 0. The Labute approximate surface area is 754 Å². The van der Waals surface area contributed by atoms with Crippen LogP contribution < -0.4 is 0 Å². The average Bonchev–Trinajstić information content (AvgIpc) is 1.68.